The lowest BCUT2D eigenvalue weighted by atomic mass is 10.1. The molecule has 0 N–H and O–H groups in total. The standard InChI is InChI=1S/C20H20F5N5O3/c1-11-10-33-8-7-28(11)17-15(22)18(32)29-6-4-14(20(23,24)25)30(19(29)27-17)9-13(31)16-12(21)3-2-5-26-16/h2-3,5,11,14H,4,6-10H2,1H3/t11-,14+/m1/s1. The molecule has 4 rings (SSSR count). The fraction of sp³-hybridized carbons (Fsp3) is 0.500. The van der Waals surface area contributed by atoms with Gasteiger partial charge in [0.1, 0.15) is 11.7 Å². The van der Waals surface area contributed by atoms with Crippen LogP contribution in [0.1, 0.15) is 23.8 Å². The zero-order valence-corrected chi connectivity index (χ0v) is 17.5. The summed E-state index contributed by atoms with van der Waals surface area (Å²) in [5.74, 6) is -4.13. The minimum atomic E-state index is -4.78. The van der Waals surface area contributed by atoms with Gasteiger partial charge in [0.15, 0.2) is 11.6 Å². The maximum atomic E-state index is 14.9. The summed E-state index contributed by atoms with van der Waals surface area (Å²) in [5.41, 5.74) is -1.78. The summed E-state index contributed by atoms with van der Waals surface area (Å²) in [4.78, 5) is 35.1. The molecule has 0 aliphatic carbocycles. The van der Waals surface area contributed by atoms with Crippen LogP contribution in [0.4, 0.5) is 33.7 Å². The van der Waals surface area contributed by atoms with E-state index in [1.807, 2.05) is 0 Å². The molecule has 0 aromatic carbocycles. The fourth-order valence-electron chi connectivity index (χ4n) is 4.05. The summed E-state index contributed by atoms with van der Waals surface area (Å²) < 4.78 is 76.6. The zero-order chi connectivity index (χ0) is 23.9. The predicted molar refractivity (Wildman–Crippen MR) is 106 cm³/mol. The minimum Gasteiger partial charge on any atom is -0.377 e. The Kier molecular flexibility index (Phi) is 6.08. The van der Waals surface area contributed by atoms with Gasteiger partial charge in [-0.15, -0.1) is 0 Å². The molecule has 0 spiro atoms. The monoisotopic (exact) mass is 473 g/mol. The molecule has 0 amide bonds. The van der Waals surface area contributed by atoms with Crippen molar-refractivity contribution < 1.29 is 31.5 Å². The normalized spacial score (nSPS) is 21.2. The van der Waals surface area contributed by atoms with Gasteiger partial charge in [-0.1, -0.05) is 0 Å². The number of anilines is 2. The first-order chi connectivity index (χ1) is 15.6. The van der Waals surface area contributed by atoms with Gasteiger partial charge in [-0.2, -0.15) is 22.5 Å². The first-order valence-electron chi connectivity index (χ1n) is 10.2. The minimum absolute atomic E-state index is 0.175. The number of morpholine rings is 1. The number of hydrogen-bond acceptors (Lipinski definition) is 7. The van der Waals surface area contributed by atoms with Crippen LogP contribution in [0.25, 0.3) is 0 Å². The van der Waals surface area contributed by atoms with Crippen LogP contribution in [-0.2, 0) is 11.3 Å². The third kappa shape index (κ3) is 4.28. The number of aromatic nitrogens is 3. The van der Waals surface area contributed by atoms with Gasteiger partial charge in [0.05, 0.1) is 25.8 Å². The molecular weight excluding hydrogens is 453 g/mol. The topological polar surface area (TPSA) is 80.6 Å². The average molecular weight is 473 g/mol. The molecule has 1 saturated heterocycles. The van der Waals surface area contributed by atoms with Crippen LogP contribution in [0, 0.1) is 11.6 Å². The molecule has 4 heterocycles. The van der Waals surface area contributed by atoms with Crippen molar-refractivity contribution in [3.63, 3.8) is 0 Å². The summed E-state index contributed by atoms with van der Waals surface area (Å²) in [6.45, 7) is 0.913. The van der Waals surface area contributed by atoms with Gasteiger partial charge in [-0.05, 0) is 25.5 Å². The van der Waals surface area contributed by atoms with Crippen molar-refractivity contribution in [2.75, 3.05) is 36.1 Å². The Morgan fingerprint density at radius 2 is 2.03 bits per heavy atom. The summed E-state index contributed by atoms with van der Waals surface area (Å²) >= 11 is 0. The number of carbonyl (C=O) groups excluding carboxylic acids is 1. The van der Waals surface area contributed by atoms with Gasteiger partial charge in [0, 0.05) is 19.3 Å². The van der Waals surface area contributed by atoms with E-state index >= 15 is 0 Å². The van der Waals surface area contributed by atoms with Gasteiger partial charge >= 0.3 is 6.18 Å². The summed E-state index contributed by atoms with van der Waals surface area (Å²) in [5, 5.41) is 0. The van der Waals surface area contributed by atoms with Crippen molar-refractivity contribution in [3.05, 3.63) is 46.0 Å². The molecule has 1 fully saturated rings. The smallest absolute Gasteiger partial charge is 0.377 e. The van der Waals surface area contributed by atoms with Crippen LogP contribution >= 0.6 is 0 Å². The molecule has 13 heteroatoms. The Morgan fingerprint density at radius 3 is 2.70 bits per heavy atom. The van der Waals surface area contributed by atoms with Gasteiger partial charge in [-0.25, -0.2) is 9.37 Å². The summed E-state index contributed by atoms with van der Waals surface area (Å²) in [6, 6.07) is -0.370. The molecule has 2 aromatic rings. The molecule has 2 aliphatic heterocycles. The highest BCUT2D eigenvalue weighted by molar-refractivity contribution is 5.97. The third-order valence-corrected chi connectivity index (χ3v) is 5.69. The second-order valence-electron chi connectivity index (χ2n) is 7.85. The van der Waals surface area contributed by atoms with E-state index in [1.54, 1.807) is 6.92 Å². The van der Waals surface area contributed by atoms with E-state index in [0.717, 1.165) is 16.8 Å². The van der Waals surface area contributed by atoms with E-state index in [-0.39, 0.29) is 25.8 Å². The highest BCUT2D eigenvalue weighted by atomic mass is 19.4. The number of rotatable bonds is 4. The van der Waals surface area contributed by atoms with Gasteiger partial charge in [0.25, 0.3) is 5.56 Å². The van der Waals surface area contributed by atoms with E-state index in [4.69, 9.17) is 4.74 Å². The first-order valence-corrected chi connectivity index (χ1v) is 10.2. The number of ether oxygens (including phenoxy) is 1. The second-order valence-corrected chi connectivity index (χ2v) is 7.85. The summed E-state index contributed by atoms with van der Waals surface area (Å²) in [7, 11) is 0. The number of ketones is 1. The van der Waals surface area contributed by atoms with Crippen molar-refractivity contribution in [2.45, 2.75) is 38.1 Å². The molecular formula is C20H20F5N5O3. The lowest BCUT2D eigenvalue weighted by molar-refractivity contribution is -0.152. The van der Waals surface area contributed by atoms with Crippen molar-refractivity contribution in [1.82, 2.24) is 14.5 Å². The molecule has 2 aromatic heterocycles. The average Bonchev–Trinajstić information content (AvgIpc) is 2.76. The van der Waals surface area contributed by atoms with Crippen molar-refractivity contribution in [1.29, 1.82) is 0 Å². The molecule has 33 heavy (non-hydrogen) atoms. The van der Waals surface area contributed by atoms with E-state index < -0.39 is 72.2 Å². The third-order valence-electron chi connectivity index (χ3n) is 5.69. The molecule has 2 aliphatic rings. The molecule has 8 nitrogen and oxygen atoms in total. The maximum absolute atomic E-state index is 14.9. The Morgan fingerprint density at radius 1 is 1.27 bits per heavy atom. The van der Waals surface area contributed by atoms with Gasteiger partial charge < -0.3 is 14.5 Å². The maximum Gasteiger partial charge on any atom is 0.408 e. The van der Waals surface area contributed by atoms with Crippen LogP contribution < -0.4 is 15.4 Å². The number of halogens is 5. The predicted octanol–water partition coefficient (Wildman–Crippen LogP) is 2.17. The van der Waals surface area contributed by atoms with Crippen molar-refractivity contribution in [2.24, 2.45) is 0 Å². The van der Waals surface area contributed by atoms with Gasteiger partial charge in [-0.3, -0.25) is 14.2 Å². The lowest BCUT2D eigenvalue weighted by Gasteiger charge is -2.40. The number of carbonyl (C=O) groups is 1. The molecule has 0 bridgehead atoms. The van der Waals surface area contributed by atoms with E-state index in [0.29, 0.717) is 4.90 Å². The second kappa shape index (κ2) is 8.69. The lowest BCUT2D eigenvalue weighted by Crippen LogP contribution is -2.55. The van der Waals surface area contributed by atoms with E-state index in [2.05, 4.69) is 9.97 Å². The highest BCUT2D eigenvalue weighted by Gasteiger charge is 2.48. The highest BCUT2D eigenvalue weighted by Crippen LogP contribution is 2.35. The quantitative estimate of drug-likeness (QED) is 0.498. The Bertz CT molecular complexity index is 1120. The number of pyridine rings is 1. The number of nitrogens with zero attached hydrogens (tertiary/aromatic N) is 5. The fourth-order valence-corrected chi connectivity index (χ4v) is 4.05. The van der Waals surface area contributed by atoms with Crippen LogP contribution in [-0.4, -0.2) is 64.9 Å². The van der Waals surface area contributed by atoms with Crippen molar-refractivity contribution in [3.8, 4) is 0 Å². The number of alkyl halides is 3. The Labute approximate surface area is 184 Å². The molecule has 0 unspecified atom stereocenters. The van der Waals surface area contributed by atoms with Crippen molar-refractivity contribution >= 4 is 17.5 Å². The van der Waals surface area contributed by atoms with E-state index in [9.17, 15) is 31.5 Å². The van der Waals surface area contributed by atoms with Crippen LogP contribution in [0.5, 0.6) is 0 Å². The van der Waals surface area contributed by atoms with Crippen LogP contribution in [0.15, 0.2) is 23.1 Å². The van der Waals surface area contributed by atoms with E-state index in [1.165, 1.54) is 11.0 Å². The zero-order valence-electron chi connectivity index (χ0n) is 17.5. The van der Waals surface area contributed by atoms with Crippen LogP contribution in [0.2, 0.25) is 0 Å². The Hall–Kier alpha value is -3.09. The van der Waals surface area contributed by atoms with Crippen LogP contribution in [0.3, 0.4) is 0 Å². The van der Waals surface area contributed by atoms with Gasteiger partial charge in [0.2, 0.25) is 17.5 Å². The number of fused-ring (bicyclic) bond motifs is 1. The SMILES string of the molecule is C[C@@H]1COCCN1c1nc2n(c(=O)c1F)CC[C@@H](C(F)(F)F)N2CC(=O)c1ncccc1F. The molecule has 2 atom stereocenters. The summed E-state index contributed by atoms with van der Waals surface area (Å²) in [6.07, 6.45) is -4.26. The largest absolute Gasteiger partial charge is 0.408 e. The first kappa shape index (κ1) is 23.1. The Balaban J connectivity index is 1.81. The molecule has 0 radical (unpaired) electrons. The number of Topliss-reactive ketones (excluding diaryl/α,β-unsaturated/α-hetero) is 1. The number of hydrogen-bond donors (Lipinski definition) is 0. The molecule has 0 saturated carbocycles. The molecule has 178 valence electrons.